The smallest absolute Gasteiger partial charge is 0.254 e. The van der Waals surface area contributed by atoms with Crippen LogP contribution in [0.5, 0.6) is 0 Å². The van der Waals surface area contributed by atoms with Crippen molar-refractivity contribution < 1.29 is 4.79 Å². The second-order valence-corrected chi connectivity index (χ2v) is 6.10. The molecule has 122 valence electrons. The van der Waals surface area contributed by atoms with Gasteiger partial charge in [-0.25, -0.2) is 0 Å². The van der Waals surface area contributed by atoms with Crippen LogP contribution in [0.4, 0.5) is 0 Å². The molecule has 0 saturated carbocycles. The highest BCUT2D eigenvalue weighted by Gasteiger charge is 2.29. The van der Waals surface area contributed by atoms with Gasteiger partial charge in [-0.2, -0.15) is 5.26 Å². The minimum atomic E-state index is -0.0604. The number of hydrogen-bond donors (Lipinski definition) is 0. The minimum absolute atomic E-state index is 0.0604. The molecule has 0 bridgehead atoms. The number of benzene rings is 1. The summed E-state index contributed by atoms with van der Waals surface area (Å²) in [5.74, 6) is 0.752. The Morgan fingerprint density at radius 2 is 2.08 bits per heavy atom. The number of rotatable bonds is 3. The molecule has 25 heavy (non-hydrogen) atoms. The Balaban J connectivity index is 1.79. The van der Waals surface area contributed by atoms with Crippen LogP contribution in [0.3, 0.4) is 0 Å². The van der Waals surface area contributed by atoms with Gasteiger partial charge in [0.25, 0.3) is 5.91 Å². The number of fused-ring (bicyclic) bond motifs is 2. The number of nitriles is 1. The fraction of sp³-hybridized carbons (Fsp3) is 0.158. The second-order valence-electron chi connectivity index (χ2n) is 6.10. The van der Waals surface area contributed by atoms with E-state index in [9.17, 15) is 4.79 Å². The molecule has 2 aromatic heterocycles. The first kappa shape index (κ1) is 15.1. The zero-order valence-electron chi connectivity index (χ0n) is 13.7. The first-order valence-corrected chi connectivity index (χ1v) is 7.89. The monoisotopic (exact) mass is 329 g/mol. The molecule has 0 atom stereocenters. The molecule has 0 N–H and O–H groups in total. The van der Waals surface area contributed by atoms with E-state index in [1.54, 1.807) is 4.90 Å². The number of hydrogen-bond acceptors (Lipinski definition) is 4. The molecule has 3 heterocycles. The van der Waals surface area contributed by atoms with E-state index in [4.69, 9.17) is 5.26 Å². The number of nitrogens with zero attached hydrogens (tertiary/aromatic N) is 5. The van der Waals surface area contributed by atoms with Gasteiger partial charge in [-0.3, -0.25) is 9.20 Å². The molecule has 6 heteroatoms. The van der Waals surface area contributed by atoms with E-state index in [0.717, 1.165) is 28.2 Å². The first-order chi connectivity index (χ1) is 12.1. The Bertz CT molecular complexity index is 1070. The quantitative estimate of drug-likeness (QED) is 0.693. The van der Waals surface area contributed by atoms with Crippen molar-refractivity contribution in [3.8, 4) is 17.2 Å². The Morgan fingerprint density at radius 1 is 1.28 bits per heavy atom. The van der Waals surface area contributed by atoms with Crippen LogP contribution in [0.15, 0.2) is 48.7 Å². The molecule has 1 aromatic carbocycles. The van der Waals surface area contributed by atoms with E-state index in [0.29, 0.717) is 17.7 Å². The number of carbonyl (C=O) groups excluding carboxylic acids is 1. The summed E-state index contributed by atoms with van der Waals surface area (Å²) in [4.78, 5) is 14.3. The molecule has 0 saturated heterocycles. The van der Waals surface area contributed by atoms with Crippen LogP contribution < -0.4 is 0 Å². The van der Waals surface area contributed by atoms with Gasteiger partial charge in [0.2, 0.25) is 0 Å². The molecule has 0 radical (unpaired) electrons. The van der Waals surface area contributed by atoms with E-state index in [-0.39, 0.29) is 12.5 Å². The summed E-state index contributed by atoms with van der Waals surface area (Å²) < 4.78 is 1.93. The maximum absolute atomic E-state index is 12.6. The highest BCUT2D eigenvalue weighted by atomic mass is 16.2. The third kappa shape index (κ3) is 2.37. The third-order valence-electron chi connectivity index (χ3n) is 4.47. The fourth-order valence-electron chi connectivity index (χ4n) is 3.22. The van der Waals surface area contributed by atoms with Crippen molar-refractivity contribution in [1.29, 1.82) is 5.26 Å². The van der Waals surface area contributed by atoms with E-state index < -0.39 is 0 Å². The molecule has 0 spiro atoms. The zero-order chi connectivity index (χ0) is 17.6. The standard InChI is InChI=1S/C19H15N5O/c1-12(8-20)9-23-11-17-15(4-3-5-16(17)19(23)25)14-6-7-18-22-21-13(2)24(18)10-14/h3-7,10H,1,9,11H2,2H3. The number of aromatic nitrogens is 3. The van der Waals surface area contributed by atoms with Gasteiger partial charge in [-0.15, -0.1) is 10.2 Å². The Morgan fingerprint density at radius 3 is 2.88 bits per heavy atom. The van der Waals surface area contributed by atoms with E-state index in [1.807, 2.05) is 53.9 Å². The van der Waals surface area contributed by atoms with Crippen molar-refractivity contribution >= 4 is 11.6 Å². The molecule has 0 unspecified atom stereocenters. The largest absolute Gasteiger partial charge is 0.329 e. The number of amides is 1. The summed E-state index contributed by atoms with van der Waals surface area (Å²) in [7, 11) is 0. The summed E-state index contributed by atoms with van der Waals surface area (Å²) >= 11 is 0. The van der Waals surface area contributed by atoms with Crippen molar-refractivity contribution in [3.63, 3.8) is 0 Å². The van der Waals surface area contributed by atoms with Gasteiger partial charge in [-0.05, 0) is 41.8 Å². The molecule has 1 aliphatic rings. The topological polar surface area (TPSA) is 74.3 Å². The lowest BCUT2D eigenvalue weighted by molar-refractivity contribution is 0.0794. The van der Waals surface area contributed by atoms with Gasteiger partial charge in [0.1, 0.15) is 5.82 Å². The lowest BCUT2D eigenvalue weighted by Crippen LogP contribution is -2.25. The van der Waals surface area contributed by atoms with Crippen molar-refractivity contribution in [2.75, 3.05) is 6.54 Å². The molecule has 4 rings (SSSR count). The van der Waals surface area contributed by atoms with Gasteiger partial charge >= 0.3 is 0 Å². The predicted octanol–water partition coefficient (Wildman–Crippen LogP) is 2.74. The van der Waals surface area contributed by atoms with Crippen molar-refractivity contribution in [2.45, 2.75) is 13.5 Å². The summed E-state index contributed by atoms with van der Waals surface area (Å²) in [6.45, 7) is 6.31. The normalized spacial score (nSPS) is 13.1. The van der Waals surface area contributed by atoms with Crippen LogP contribution in [0.1, 0.15) is 21.7 Å². The van der Waals surface area contributed by atoms with Crippen LogP contribution in [0.2, 0.25) is 0 Å². The van der Waals surface area contributed by atoms with Gasteiger partial charge < -0.3 is 4.90 Å². The average Bonchev–Trinajstić information content (AvgIpc) is 3.15. The van der Waals surface area contributed by atoms with Crippen molar-refractivity contribution in [2.24, 2.45) is 0 Å². The molecule has 0 fully saturated rings. The average molecular weight is 329 g/mol. The molecule has 6 nitrogen and oxygen atoms in total. The van der Waals surface area contributed by atoms with Gasteiger partial charge in [0.05, 0.1) is 12.6 Å². The second kappa shape index (κ2) is 5.56. The lowest BCUT2D eigenvalue weighted by Gasteiger charge is -2.14. The first-order valence-electron chi connectivity index (χ1n) is 7.89. The molecule has 3 aromatic rings. The molecular weight excluding hydrogens is 314 g/mol. The van der Waals surface area contributed by atoms with Crippen LogP contribution in [-0.2, 0) is 6.54 Å². The van der Waals surface area contributed by atoms with E-state index in [1.165, 1.54) is 0 Å². The maximum atomic E-state index is 12.6. The van der Waals surface area contributed by atoms with E-state index in [2.05, 4.69) is 16.8 Å². The van der Waals surface area contributed by atoms with Crippen LogP contribution >= 0.6 is 0 Å². The number of pyridine rings is 1. The number of aryl methyl sites for hydroxylation is 1. The Labute approximate surface area is 144 Å². The highest BCUT2D eigenvalue weighted by Crippen LogP contribution is 2.33. The number of carbonyl (C=O) groups is 1. The Kier molecular flexibility index (Phi) is 3.36. The highest BCUT2D eigenvalue weighted by molar-refractivity contribution is 6.00. The lowest BCUT2D eigenvalue weighted by atomic mass is 9.98. The maximum Gasteiger partial charge on any atom is 0.254 e. The molecule has 1 amide bonds. The summed E-state index contributed by atoms with van der Waals surface area (Å²) in [5.41, 5.74) is 4.83. The van der Waals surface area contributed by atoms with Crippen LogP contribution in [0.25, 0.3) is 16.8 Å². The van der Waals surface area contributed by atoms with Gasteiger partial charge in [0.15, 0.2) is 5.65 Å². The van der Waals surface area contributed by atoms with Crippen LogP contribution in [0, 0.1) is 18.3 Å². The molecular formula is C19H15N5O. The van der Waals surface area contributed by atoms with E-state index >= 15 is 0 Å². The van der Waals surface area contributed by atoms with Crippen molar-refractivity contribution in [3.05, 3.63) is 65.6 Å². The molecule has 1 aliphatic heterocycles. The summed E-state index contributed by atoms with van der Waals surface area (Å²) in [6.07, 6.45) is 1.99. The SMILES string of the molecule is C=C(C#N)CN1Cc2c(cccc2-c2ccc3nnc(C)n3c2)C1=O. The summed E-state index contributed by atoms with van der Waals surface area (Å²) in [5, 5.41) is 17.1. The fourth-order valence-corrected chi connectivity index (χ4v) is 3.22. The van der Waals surface area contributed by atoms with Gasteiger partial charge in [-0.1, -0.05) is 18.7 Å². The summed E-state index contributed by atoms with van der Waals surface area (Å²) in [6, 6.07) is 11.6. The zero-order valence-corrected chi connectivity index (χ0v) is 13.7. The molecule has 0 aliphatic carbocycles. The van der Waals surface area contributed by atoms with Crippen LogP contribution in [-0.4, -0.2) is 31.9 Å². The predicted molar refractivity (Wildman–Crippen MR) is 92.7 cm³/mol. The third-order valence-corrected chi connectivity index (χ3v) is 4.47. The van der Waals surface area contributed by atoms with Crippen molar-refractivity contribution in [1.82, 2.24) is 19.5 Å². The minimum Gasteiger partial charge on any atom is -0.329 e. The van der Waals surface area contributed by atoms with Gasteiger partial charge in [0, 0.05) is 23.9 Å². The Hall–Kier alpha value is -3.46.